The van der Waals surface area contributed by atoms with Crippen molar-refractivity contribution >= 4 is 34.2 Å². The lowest BCUT2D eigenvalue weighted by Gasteiger charge is -2.31. The van der Waals surface area contributed by atoms with Crippen molar-refractivity contribution in [3.8, 4) is 0 Å². The summed E-state index contributed by atoms with van der Waals surface area (Å²) < 4.78 is 0. The van der Waals surface area contributed by atoms with Gasteiger partial charge in [0.15, 0.2) is 5.16 Å². The molecular formula is C18H20N5O2S+. The number of nitrogens with one attached hydrogen (secondary N) is 2. The summed E-state index contributed by atoms with van der Waals surface area (Å²) in [4.78, 5) is 23.3. The van der Waals surface area contributed by atoms with Crippen LogP contribution in [0.25, 0.3) is 11.0 Å². The molecule has 1 saturated heterocycles. The van der Waals surface area contributed by atoms with Crippen LogP contribution in [0.1, 0.15) is 0 Å². The molecule has 4 rings (SSSR count). The maximum Gasteiger partial charge on any atom is 0.283 e. The Hall–Kier alpha value is -2.58. The highest BCUT2D eigenvalue weighted by molar-refractivity contribution is 7.99. The molecule has 2 heterocycles. The van der Waals surface area contributed by atoms with E-state index in [0.29, 0.717) is 10.1 Å². The lowest BCUT2D eigenvalue weighted by atomic mass is 10.2. The summed E-state index contributed by atoms with van der Waals surface area (Å²) >= 11 is 1.31. The number of anilines is 1. The van der Waals surface area contributed by atoms with Gasteiger partial charge in [0.25, 0.3) is 5.69 Å². The van der Waals surface area contributed by atoms with Gasteiger partial charge in [-0.2, -0.15) is 0 Å². The Morgan fingerprint density at radius 1 is 1.23 bits per heavy atom. The van der Waals surface area contributed by atoms with Crippen LogP contribution in [0.5, 0.6) is 0 Å². The Morgan fingerprint density at radius 3 is 2.73 bits per heavy atom. The number of aromatic amines is 1. The minimum Gasteiger partial charge on any atom is -0.360 e. The fraction of sp³-hybridized carbons (Fsp3) is 0.278. The standard InChI is InChI=1S/C18H19N5O2S/c1-21-8-10-22(11-9-21)13-6-7-16(23(24)25)17(12-13)26-18-19-14-4-2-3-5-15(14)20-18/h2-7,12H,8-11H2,1H3,(H,19,20)/p+1. The number of hydrogen-bond acceptors (Lipinski definition) is 5. The number of fused-ring (bicyclic) bond motifs is 1. The number of likely N-dealkylation sites (N-methyl/N-ethyl adjacent to an activating group) is 1. The molecule has 0 spiro atoms. The van der Waals surface area contributed by atoms with E-state index in [1.807, 2.05) is 36.4 Å². The Balaban J connectivity index is 1.66. The van der Waals surface area contributed by atoms with Gasteiger partial charge in [-0.15, -0.1) is 0 Å². The van der Waals surface area contributed by atoms with Gasteiger partial charge in [-0.25, -0.2) is 4.98 Å². The number of benzene rings is 2. The molecule has 0 aliphatic carbocycles. The first-order valence-corrected chi connectivity index (χ1v) is 9.39. The highest BCUT2D eigenvalue weighted by atomic mass is 32.2. The quantitative estimate of drug-likeness (QED) is 0.542. The SMILES string of the molecule is C[NH+]1CCN(c2ccc([N+](=O)[O-])c(Sc3nc4ccccc4[nH]3)c2)CC1. The van der Waals surface area contributed by atoms with Crippen LogP contribution in [0, 0.1) is 10.1 Å². The monoisotopic (exact) mass is 370 g/mol. The number of para-hydroxylation sites is 2. The van der Waals surface area contributed by atoms with Gasteiger partial charge in [-0.3, -0.25) is 10.1 Å². The summed E-state index contributed by atoms with van der Waals surface area (Å²) in [6, 6.07) is 13.1. The zero-order chi connectivity index (χ0) is 18.1. The number of nitro benzene ring substituents is 1. The highest BCUT2D eigenvalue weighted by Crippen LogP contribution is 2.37. The second-order valence-corrected chi connectivity index (χ2v) is 7.55. The van der Waals surface area contributed by atoms with Crippen LogP contribution < -0.4 is 9.80 Å². The molecule has 1 aromatic heterocycles. The van der Waals surface area contributed by atoms with E-state index in [-0.39, 0.29) is 10.6 Å². The molecule has 0 atom stereocenters. The number of imidazole rings is 1. The zero-order valence-electron chi connectivity index (χ0n) is 14.4. The molecule has 0 saturated carbocycles. The molecule has 0 unspecified atom stereocenters. The fourth-order valence-corrected chi connectivity index (χ4v) is 4.10. The largest absolute Gasteiger partial charge is 0.360 e. The summed E-state index contributed by atoms with van der Waals surface area (Å²) in [5, 5.41) is 12.1. The highest BCUT2D eigenvalue weighted by Gasteiger charge is 2.22. The van der Waals surface area contributed by atoms with E-state index in [2.05, 4.69) is 21.9 Å². The number of nitrogens with zero attached hydrogens (tertiary/aromatic N) is 3. The summed E-state index contributed by atoms with van der Waals surface area (Å²) in [5.74, 6) is 0. The maximum atomic E-state index is 11.5. The third-order valence-corrected chi connectivity index (χ3v) is 5.63. The molecule has 0 bridgehead atoms. The molecule has 26 heavy (non-hydrogen) atoms. The number of hydrogen-bond donors (Lipinski definition) is 2. The molecule has 7 nitrogen and oxygen atoms in total. The Morgan fingerprint density at radius 2 is 2.00 bits per heavy atom. The van der Waals surface area contributed by atoms with Gasteiger partial charge in [0, 0.05) is 11.8 Å². The van der Waals surface area contributed by atoms with Crippen molar-refractivity contribution in [2.24, 2.45) is 0 Å². The topological polar surface area (TPSA) is 79.5 Å². The van der Waals surface area contributed by atoms with Crippen LogP contribution in [-0.4, -0.2) is 48.1 Å². The molecule has 2 aromatic carbocycles. The maximum absolute atomic E-state index is 11.5. The number of quaternary nitrogens is 1. The van der Waals surface area contributed by atoms with Crippen LogP contribution in [-0.2, 0) is 0 Å². The summed E-state index contributed by atoms with van der Waals surface area (Å²) in [6.45, 7) is 4.06. The lowest BCUT2D eigenvalue weighted by molar-refractivity contribution is -0.880. The predicted octanol–water partition coefficient (Wildman–Crippen LogP) is 1.96. The van der Waals surface area contributed by atoms with E-state index in [9.17, 15) is 10.1 Å². The van der Waals surface area contributed by atoms with Crippen molar-refractivity contribution in [2.75, 3.05) is 38.1 Å². The predicted molar refractivity (Wildman–Crippen MR) is 102 cm³/mol. The number of aromatic nitrogens is 2. The second kappa shape index (κ2) is 6.97. The van der Waals surface area contributed by atoms with Crippen molar-refractivity contribution in [2.45, 2.75) is 10.1 Å². The Kier molecular flexibility index (Phi) is 4.52. The number of nitro groups is 1. The van der Waals surface area contributed by atoms with Gasteiger partial charge >= 0.3 is 0 Å². The van der Waals surface area contributed by atoms with Crippen LogP contribution in [0.3, 0.4) is 0 Å². The molecule has 8 heteroatoms. The van der Waals surface area contributed by atoms with Gasteiger partial charge in [0.2, 0.25) is 0 Å². The van der Waals surface area contributed by atoms with Gasteiger partial charge in [-0.05, 0) is 36.0 Å². The fourth-order valence-electron chi connectivity index (χ4n) is 3.16. The van der Waals surface area contributed by atoms with Crippen molar-refractivity contribution < 1.29 is 9.82 Å². The smallest absolute Gasteiger partial charge is 0.283 e. The molecule has 0 radical (unpaired) electrons. The normalized spacial score (nSPS) is 15.5. The average Bonchev–Trinajstić information content (AvgIpc) is 3.04. The second-order valence-electron chi connectivity index (χ2n) is 6.51. The van der Waals surface area contributed by atoms with Gasteiger partial charge < -0.3 is 14.8 Å². The van der Waals surface area contributed by atoms with E-state index in [1.165, 1.54) is 16.7 Å². The molecular weight excluding hydrogens is 350 g/mol. The average molecular weight is 370 g/mol. The molecule has 1 fully saturated rings. The van der Waals surface area contributed by atoms with Crippen LogP contribution in [0.2, 0.25) is 0 Å². The third-order valence-electron chi connectivity index (χ3n) is 4.70. The van der Waals surface area contributed by atoms with Crippen molar-refractivity contribution in [3.63, 3.8) is 0 Å². The molecule has 134 valence electrons. The summed E-state index contributed by atoms with van der Waals surface area (Å²) in [6.07, 6.45) is 0. The minimum absolute atomic E-state index is 0.110. The van der Waals surface area contributed by atoms with E-state index in [1.54, 1.807) is 6.07 Å². The van der Waals surface area contributed by atoms with Crippen molar-refractivity contribution in [3.05, 3.63) is 52.6 Å². The Bertz CT molecular complexity index is 917. The third kappa shape index (κ3) is 3.38. The van der Waals surface area contributed by atoms with E-state index >= 15 is 0 Å². The zero-order valence-corrected chi connectivity index (χ0v) is 15.3. The first-order chi connectivity index (χ1) is 12.6. The lowest BCUT2D eigenvalue weighted by Crippen LogP contribution is -3.12. The first kappa shape index (κ1) is 16.9. The molecule has 3 aromatic rings. The van der Waals surface area contributed by atoms with Gasteiger partial charge in [0.1, 0.15) is 0 Å². The van der Waals surface area contributed by atoms with Crippen LogP contribution in [0.15, 0.2) is 52.5 Å². The van der Waals surface area contributed by atoms with Crippen LogP contribution >= 0.6 is 11.8 Å². The number of rotatable bonds is 4. The van der Waals surface area contributed by atoms with E-state index in [4.69, 9.17) is 0 Å². The Labute approximate surface area is 155 Å². The summed E-state index contributed by atoms with van der Waals surface area (Å²) in [7, 11) is 2.19. The number of H-pyrrole nitrogens is 1. The van der Waals surface area contributed by atoms with Gasteiger partial charge in [0.05, 0.1) is 54.1 Å². The minimum atomic E-state index is -0.330. The van der Waals surface area contributed by atoms with Crippen molar-refractivity contribution in [1.29, 1.82) is 0 Å². The molecule has 1 aliphatic rings. The number of piperazine rings is 1. The molecule has 0 amide bonds. The first-order valence-electron chi connectivity index (χ1n) is 8.57. The van der Waals surface area contributed by atoms with Crippen molar-refractivity contribution in [1.82, 2.24) is 9.97 Å². The summed E-state index contributed by atoms with van der Waals surface area (Å²) in [5.41, 5.74) is 2.92. The van der Waals surface area contributed by atoms with Gasteiger partial charge in [-0.1, -0.05) is 12.1 Å². The molecule has 2 N–H and O–H groups in total. The van der Waals surface area contributed by atoms with Crippen LogP contribution in [0.4, 0.5) is 11.4 Å². The van der Waals surface area contributed by atoms with E-state index < -0.39 is 0 Å². The van der Waals surface area contributed by atoms with E-state index in [0.717, 1.165) is 42.9 Å². The molecule has 1 aliphatic heterocycles.